The van der Waals surface area contributed by atoms with Crippen LogP contribution in [0.2, 0.25) is 0 Å². The third-order valence-electron chi connectivity index (χ3n) is 2.44. The van der Waals surface area contributed by atoms with Crippen LogP contribution in [0.3, 0.4) is 0 Å². The van der Waals surface area contributed by atoms with Gasteiger partial charge in [-0.3, -0.25) is 0 Å². The molecule has 0 heterocycles. The smallest absolute Gasteiger partial charge is 0.255 e. The van der Waals surface area contributed by atoms with Crippen LogP contribution in [-0.2, 0) is 4.79 Å². The first-order valence-corrected chi connectivity index (χ1v) is 2.95. The average molecular weight is 132 g/mol. The topological polar surface area (TPSA) is 17.1 Å². The summed E-state index contributed by atoms with van der Waals surface area (Å²) in [4.78, 5) is 9.98. The van der Waals surface area contributed by atoms with Crippen LogP contribution in [0.15, 0.2) is 0 Å². The van der Waals surface area contributed by atoms with Gasteiger partial charge in [-0.15, -0.1) is 0 Å². The summed E-state index contributed by atoms with van der Waals surface area (Å²) in [7, 11) is 0. The molecule has 9 heavy (non-hydrogen) atoms. The number of rotatable bonds is 1. The van der Waals surface area contributed by atoms with Crippen molar-refractivity contribution >= 4 is 6.29 Å². The number of aldehydes is 1. The van der Waals surface area contributed by atoms with E-state index in [-0.39, 0.29) is 12.3 Å². The van der Waals surface area contributed by atoms with E-state index in [0.717, 1.165) is 0 Å². The molecule has 0 aliphatic heterocycles. The largest absolute Gasteiger partial charge is 0.303 e. The van der Waals surface area contributed by atoms with E-state index in [1.165, 1.54) is 0 Å². The van der Waals surface area contributed by atoms with Crippen LogP contribution in [0, 0.1) is 11.3 Å². The van der Waals surface area contributed by atoms with Crippen molar-refractivity contribution in [3.05, 3.63) is 0 Å². The summed E-state index contributed by atoms with van der Waals surface area (Å²) >= 11 is 0. The Morgan fingerprint density at radius 3 is 2.22 bits per heavy atom. The molecule has 2 aliphatic rings. The fraction of sp³-hybridized carbons (Fsp3) is 0.833. The fourth-order valence-electron chi connectivity index (χ4n) is 1.49. The van der Waals surface area contributed by atoms with E-state index in [1.807, 2.05) is 0 Å². The highest BCUT2D eigenvalue weighted by Gasteiger charge is 2.83. The maximum atomic E-state index is 12.3. The molecule has 0 amide bonds. The lowest BCUT2D eigenvalue weighted by atomic mass is 10.3. The zero-order valence-electron chi connectivity index (χ0n) is 4.73. The molecule has 0 radical (unpaired) electrons. The lowest BCUT2D eigenvalue weighted by molar-refractivity contribution is -0.109. The zero-order valence-corrected chi connectivity index (χ0v) is 4.73. The Hall–Kier alpha value is -0.470. The van der Waals surface area contributed by atoms with Gasteiger partial charge in [0.2, 0.25) is 0 Å². The van der Waals surface area contributed by atoms with Crippen molar-refractivity contribution in [2.45, 2.75) is 18.8 Å². The van der Waals surface area contributed by atoms with Crippen molar-refractivity contribution in [1.29, 1.82) is 0 Å². The Balaban J connectivity index is 2.12. The molecule has 2 unspecified atom stereocenters. The highest BCUT2D eigenvalue weighted by Crippen LogP contribution is 2.78. The van der Waals surface area contributed by atoms with Gasteiger partial charge in [-0.25, -0.2) is 8.78 Å². The Morgan fingerprint density at radius 2 is 2.11 bits per heavy atom. The summed E-state index contributed by atoms with van der Waals surface area (Å²) in [5.74, 6) is -2.83. The summed E-state index contributed by atoms with van der Waals surface area (Å²) < 4.78 is 24.5. The van der Waals surface area contributed by atoms with Gasteiger partial charge in [0.05, 0.1) is 0 Å². The molecule has 1 nitrogen and oxygen atoms in total. The standard InChI is InChI=1S/C6H6F2O/c7-6(8)3-5(6)1-4(5)2-9/h2,4H,1,3H2. The number of hydrogen-bond acceptors (Lipinski definition) is 1. The SMILES string of the molecule is O=CC1CC12CC2(F)F. The zero-order chi connectivity index (χ0) is 6.70. The first kappa shape index (κ1) is 5.33. The van der Waals surface area contributed by atoms with Crippen molar-refractivity contribution in [3.63, 3.8) is 0 Å². The molecule has 2 atom stereocenters. The molecular weight excluding hydrogens is 126 g/mol. The van der Waals surface area contributed by atoms with Crippen LogP contribution >= 0.6 is 0 Å². The predicted molar refractivity (Wildman–Crippen MR) is 26.2 cm³/mol. The molecule has 50 valence electrons. The van der Waals surface area contributed by atoms with Gasteiger partial charge >= 0.3 is 0 Å². The van der Waals surface area contributed by atoms with Crippen molar-refractivity contribution in [2.75, 3.05) is 0 Å². The molecule has 1 spiro atoms. The van der Waals surface area contributed by atoms with E-state index in [1.54, 1.807) is 0 Å². The summed E-state index contributed by atoms with van der Waals surface area (Å²) in [6.07, 6.45) is 1.02. The van der Waals surface area contributed by atoms with Gasteiger partial charge in [-0.1, -0.05) is 0 Å². The quantitative estimate of drug-likeness (QED) is 0.490. The molecule has 0 aromatic heterocycles. The van der Waals surface area contributed by atoms with E-state index in [2.05, 4.69) is 0 Å². The van der Waals surface area contributed by atoms with E-state index in [0.29, 0.717) is 12.7 Å². The molecule has 0 N–H and O–H groups in total. The third-order valence-corrected chi connectivity index (χ3v) is 2.44. The van der Waals surface area contributed by atoms with E-state index in [9.17, 15) is 13.6 Å². The second kappa shape index (κ2) is 1.04. The highest BCUT2D eigenvalue weighted by atomic mass is 19.3. The Morgan fingerprint density at radius 1 is 1.56 bits per heavy atom. The molecule has 2 rings (SSSR count). The fourth-order valence-corrected chi connectivity index (χ4v) is 1.49. The average Bonchev–Trinajstić information content (AvgIpc) is 2.53. The Bertz CT molecular complexity index is 178. The van der Waals surface area contributed by atoms with Crippen molar-refractivity contribution in [3.8, 4) is 0 Å². The van der Waals surface area contributed by atoms with Crippen molar-refractivity contribution in [2.24, 2.45) is 11.3 Å². The minimum Gasteiger partial charge on any atom is -0.303 e. The van der Waals surface area contributed by atoms with Gasteiger partial charge < -0.3 is 4.79 Å². The molecule has 0 aromatic rings. The van der Waals surface area contributed by atoms with E-state index < -0.39 is 11.3 Å². The minimum absolute atomic E-state index is 0.0522. The lowest BCUT2D eigenvalue weighted by Gasteiger charge is -1.87. The van der Waals surface area contributed by atoms with Gasteiger partial charge in [0.1, 0.15) is 6.29 Å². The number of carbonyl (C=O) groups excluding carboxylic acids is 1. The monoisotopic (exact) mass is 132 g/mol. The van der Waals surface area contributed by atoms with Gasteiger partial charge in [0, 0.05) is 17.8 Å². The molecule has 0 saturated heterocycles. The van der Waals surface area contributed by atoms with Crippen LogP contribution < -0.4 is 0 Å². The van der Waals surface area contributed by atoms with Gasteiger partial charge in [-0.05, 0) is 6.42 Å². The van der Waals surface area contributed by atoms with Crippen LogP contribution in [0.4, 0.5) is 8.78 Å². The molecule has 2 saturated carbocycles. The second-order valence-corrected chi connectivity index (χ2v) is 2.98. The number of halogens is 2. The van der Waals surface area contributed by atoms with Crippen molar-refractivity contribution < 1.29 is 13.6 Å². The number of carbonyl (C=O) groups is 1. The van der Waals surface area contributed by atoms with E-state index in [4.69, 9.17) is 0 Å². The van der Waals surface area contributed by atoms with Crippen LogP contribution in [-0.4, -0.2) is 12.2 Å². The summed E-state index contributed by atoms with van der Waals surface area (Å²) in [5, 5.41) is 0. The van der Waals surface area contributed by atoms with Crippen LogP contribution in [0.5, 0.6) is 0 Å². The number of alkyl halides is 2. The third kappa shape index (κ3) is 0.416. The highest BCUT2D eigenvalue weighted by molar-refractivity contribution is 5.63. The maximum absolute atomic E-state index is 12.3. The molecule has 3 heteroatoms. The van der Waals surface area contributed by atoms with Gasteiger partial charge in [0.15, 0.2) is 0 Å². The van der Waals surface area contributed by atoms with E-state index >= 15 is 0 Å². The first-order valence-electron chi connectivity index (χ1n) is 2.95. The van der Waals surface area contributed by atoms with Crippen molar-refractivity contribution in [1.82, 2.24) is 0 Å². The summed E-state index contributed by atoms with van der Waals surface area (Å²) in [5.41, 5.74) is -0.839. The lowest BCUT2D eigenvalue weighted by Crippen LogP contribution is -1.95. The minimum atomic E-state index is -2.50. The predicted octanol–water partition coefficient (Wildman–Crippen LogP) is 1.23. The molecule has 0 bridgehead atoms. The Kier molecular flexibility index (Phi) is 0.618. The summed E-state index contributed by atoms with van der Waals surface area (Å²) in [6.45, 7) is 0. The maximum Gasteiger partial charge on any atom is 0.255 e. The molecule has 2 aliphatic carbocycles. The second-order valence-electron chi connectivity index (χ2n) is 2.98. The first-order chi connectivity index (χ1) is 4.12. The summed E-state index contributed by atoms with van der Waals surface area (Å²) in [6, 6.07) is 0. The van der Waals surface area contributed by atoms with Crippen LogP contribution in [0.25, 0.3) is 0 Å². The molecule has 0 aromatic carbocycles. The molecular formula is C6H6F2O. The van der Waals surface area contributed by atoms with Gasteiger partial charge in [0.25, 0.3) is 5.92 Å². The van der Waals surface area contributed by atoms with Gasteiger partial charge in [-0.2, -0.15) is 0 Å². The van der Waals surface area contributed by atoms with Crippen LogP contribution in [0.1, 0.15) is 12.8 Å². The number of hydrogen-bond donors (Lipinski definition) is 0. The molecule has 2 fully saturated rings. The normalized spacial score (nSPS) is 51.1. The Labute approximate surface area is 51.0 Å².